The van der Waals surface area contributed by atoms with E-state index in [2.05, 4.69) is 0 Å². The molecule has 22 heavy (non-hydrogen) atoms. The lowest BCUT2D eigenvalue weighted by Crippen LogP contribution is -2.40. The second-order valence-electron chi connectivity index (χ2n) is 5.51. The van der Waals surface area contributed by atoms with Crippen LogP contribution in [0.5, 0.6) is 0 Å². The van der Waals surface area contributed by atoms with Crippen LogP contribution in [-0.2, 0) is 4.79 Å². The molecule has 1 atom stereocenters. The molecule has 1 heterocycles. The summed E-state index contributed by atoms with van der Waals surface area (Å²) in [4.78, 5) is 25.7. The van der Waals surface area contributed by atoms with Crippen LogP contribution in [0.25, 0.3) is 11.1 Å². The third-order valence-electron chi connectivity index (χ3n) is 4.02. The van der Waals surface area contributed by atoms with E-state index in [-0.39, 0.29) is 24.3 Å². The van der Waals surface area contributed by atoms with Crippen molar-refractivity contribution in [3.63, 3.8) is 0 Å². The monoisotopic (exact) mass is 294 g/mol. The van der Waals surface area contributed by atoms with E-state index in [1.165, 1.54) is 0 Å². The minimum atomic E-state index is -0.172. The Balaban J connectivity index is 1.81. The molecule has 1 aliphatic heterocycles. The van der Waals surface area contributed by atoms with Crippen LogP contribution in [-0.4, -0.2) is 35.7 Å². The van der Waals surface area contributed by atoms with Gasteiger partial charge in [-0.3, -0.25) is 9.59 Å². The number of hydrogen-bond donors (Lipinski definition) is 1. The van der Waals surface area contributed by atoms with Gasteiger partial charge in [0.2, 0.25) is 0 Å². The van der Waals surface area contributed by atoms with Gasteiger partial charge in [0.15, 0.2) is 5.78 Å². The minimum Gasteiger partial charge on any atom is -0.328 e. The first-order valence-corrected chi connectivity index (χ1v) is 7.37. The van der Waals surface area contributed by atoms with E-state index in [1.807, 2.05) is 42.5 Å². The van der Waals surface area contributed by atoms with Gasteiger partial charge >= 0.3 is 0 Å². The summed E-state index contributed by atoms with van der Waals surface area (Å²) >= 11 is 0. The summed E-state index contributed by atoms with van der Waals surface area (Å²) in [7, 11) is 0. The number of likely N-dealkylation sites (tertiary alicyclic amines) is 1. The van der Waals surface area contributed by atoms with Crippen molar-refractivity contribution in [2.75, 3.05) is 13.1 Å². The van der Waals surface area contributed by atoms with Gasteiger partial charge in [0.25, 0.3) is 5.91 Å². The summed E-state index contributed by atoms with van der Waals surface area (Å²) in [5.74, 6) is -0.0504. The van der Waals surface area contributed by atoms with Gasteiger partial charge in [0, 0.05) is 18.5 Å². The lowest BCUT2D eigenvalue weighted by molar-refractivity contribution is -0.116. The van der Waals surface area contributed by atoms with Gasteiger partial charge in [-0.1, -0.05) is 42.5 Å². The molecule has 0 aromatic heterocycles. The van der Waals surface area contributed by atoms with Gasteiger partial charge < -0.3 is 10.6 Å². The largest absolute Gasteiger partial charge is 0.328 e. The summed E-state index contributed by atoms with van der Waals surface area (Å²) in [6, 6.07) is 17.3. The molecule has 0 saturated carbocycles. The lowest BCUT2D eigenvalue weighted by atomic mass is 10.0. The van der Waals surface area contributed by atoms with E-state index >= 15 is 0 Å². The summed E-state index contributed by atoms with van der Waals surface area (Å²) in [6.45, 7) is 0.487. The second-order valence-corrected chi connectivity index (χ2v) is 5.51. The highest BCUT2D eigenvalue weighted by molar-refractivity contribution is 5.99. The highest BCUT2D eigenvalue weighted by atomic mass is 16.2. The van der Waals surface area contributed by atoms with Gasteiger partial charge in [-0.2, -0.15) is 0 Å². The normalized spacial score (nSPS) is 17.8. The third-order valence-corrected chi connectivity index (χ3v) is 4.02. The van der Waals surface area contributed by atoms with E-state index in [1.54, 1.807) is 17.0 Å². The van der Waals surface area contributed by atoms with Crippen LogP contribution in [0.3, 0.4) is 0 Å². The average Bonchev–Trinajstić information content (AvgIpc) is 2.96. The SMILES string of the molecule is NC[C@@H]1CC(=O)CN1C(=O)c1ccc(-c2ccccc2)cc1. The van der Waals surface area contributed by atoms with Gasteiger partial charge in [0.05, 0.1) is 12.6 Å². The molecule has 3 rings (SSSR count). The van der Waals surface area contributed by atoms with Crippen molar-refractivity contribution in [3.05, 3.63) is 60.2 Å². The van der Waals surface area contributed by atoms with Crippen LogP contribution in [0.4, 0.5) is 0 Å². The Morgan fingerprint density at radius 3 is 2.32 bits per heavy atom. The fraction of sp³-hybridized carbons (Fsp3) is 0.222. The maximum absolute atomic E-state index is 12.5. The summed E-state index contributed by atoms with van der Waals surface area (Å²) in [5, 5.41) is 0. The van der Waals surface area contributed by atoms with Crippen molar-refractivity contribution in [1.82, 2.24) is 4.90 Å². The molecule has 0 unspecified atom stereocenters. The minimum absolute atomic E-state index is 0.0738. The van der Waals surface area contributed by atoms with E-state index in [0.717, 1.165) is 11.1 Å². The van der Waals surface area contributed by atoms with Crippen molar-refractivity contribution in [2.24, 2.45) is 5.73 Å². The Labute approximate surface area is 129 Å². The molecule has 2 aromatic carbocycles. The van der Waals surface area contributed by atoms with E-state index in [9.17, 15) is 9.59 Å². The molecule has 112 valence electrons. The van der Waals surface area contributed by atoms with Crippen molar-refractivity contribution in [3.8, 4) is 11.1 Å². The number of carbonyl (C=O) groups is 2. The van der Waals surface area contributed by atoms with Crippen LogP contribution in [0.15, 0.2) is 54.6 Å². The maximum Gasteiger partial charge on any atom is 0.254 e. The molecule has 1 amide bonds. The first-order valence-electron chi connectivity index (χ1n) is 7.37. The Kier molecular flexibility index (Phi) is 4.02. The molecule has 0 aliphatic carbocycles. The zero-order valence-electron chi connectivity index (χ0n) is 12.2. The Hall–Kier alpha value is -2.46. The van der Waals surface area contributed by atoms with Crippen LogP contribution in [0.2, 0.25) is 0 Å². The quantitative estimate of drug-likeness (QED) is 0.943. The van der Waals surface area contributed by atoms with Gasteiger partial charge in [-0.05, 0) is 23.3 Å². The first-order chi connectivity index (χ1) is 10.7. The molecule has 1 aliphatic rings. The van der Waals surface area contributed by atoms with Crippen LogP contribution < -0.4 is 5.73 Å². The molecule has 0 bridgehead atoms. The van der Waals surface area contributed by atoms with Crippen LogP contribution in [0, 0.1) is 0 Å². The highest BCUT2D eigenvalue weighted by Crippen LogP contribution is 2.22. The van der Waals surface area contributed by atoms with Gasteiger partial charge in [-0.25, -0.2) is 0 Å². The Morgan fingerprint density at radius 2 is 1.68 bits per heavy atom. The molecule has 1 saturated heterocycles. The Morgan fingerprint density at radius 1 is 1.05 bits per heavy atom. The number of rotatable bonds is 3. The smallest absolute Gasteiger partial charge is 0.254 e. The number of nitrogens with two attached hydrogens (primary N) is 1. The highest BCUT2D eigenvalue weighted by Gasteiger charge is 2.33. The van der Waals surface area contributed by atoms with Crippen molar-refractivity contribution >= 4 is 11.7 Å². The average molecular weight is 294 g/mol. The van der Waals surface area contributed by atoms with Crippen LogP contribution >= 0.6 is 0 Å². The predicted octanol–water partition coefficient (Wildman–Crippen LogP) is 2.10. The third kappa shape index (κ3) is 2.78. The summed E-state index contributed by atoms with van der Waals surface area (Å²) < 4.78 is 0. The van der Waals surface area contributed by atoms with E-state index < -0.39 is 0 Å². The van der Waals surface area contributed by atoms with Crippen molar-refractivity contribution in [1.29, 1.82) is 0 Å². The number of benzene rings is 2. The fourth-order valence-corrected chi connectivity index (χ4v) is 2.81. The predicted molar refractivity (Wildman–Crippen MR) is 85.4 cm³/mol. The lowest BCUT2D eigenvalue weighted by Gasteiger charge is -2.22. The summed E-state index contributed by atoms with van der Waals surface area (Å²) in [6.07, 6.45) is 0.365. The van der Waals surface area contributed by atoms with Gasteiger partial charge in [-0.15, -0.1) is 0 Å². The zero-order chi connectivity index (χ0) is 15.5. The molecule has 0 radical (unpaired) electrons. The van der Waals surface area contributed by atoms with E-state index in [0.29, 0.717) is 18.5 Å². The molecule has 1 fully saturated rings. The number of nitrogens with zero attached hydrogens (tertiary/aromatic N) is 1. The maximum atomic E-state index is 12.5. The topological polar surface area (TPSA) is 63.4 Å². The molecular weight excluding hydrogens is 276 g/mol. The standard InChI is InChI=1S/C18H18N2O2/c19-11-16-10-17(21)12-20(16)18(22)15-8-6-14(7-9-15)13-4-2-1-3-5-13/h1-9,16H,10-12,19H2/t16-/m0/s1. The number of hydrogen-bond acceptors (Lipinski definition) is 3. The number of Topliss-reactive ketones (excluding diaryl/α,β-unsaturated/α-hetero) is 1. The molecular formula is C18H18N2O2. The fourth-order valence-electron chi connectivity index (χ4n) is 2.81. The zero-order valence-corrected chi connectivity index (χ0v) is 12.2. The number of amides is 1. The second kappa shape index (κ2) is 6.12. The molecule has 0 spiro atoms. The number of ketones is 1. The first kappa shape index (κ1) is 14.5. The Bertz CT molecular complexity index is 680. The van der Waals surface area contributed by atoms with Crippen molar-refractivity contribution < 1.29 is 9.59 Å². The van der Waals surface area contributed by atoms with Gasteiger partial charge in [0.1, 0.15) is 0 Å². The number of carbonyl (C=O) groups excluding carboxylic acids is 2. The van der Waals surface area contributed by atoms with Crippen molar-refractivity contribution in [2.45, 2.75) is 12.5 Å². The molecule has 2 aromatic rings. The molecule has 2 N–H and O–H groups in total. The van der Waals surface area contributed by atoms with E-state index in [4.69, 9.17) is 5.73 Å². The molecule has 4 nitrogen and oxygen atoms in total. The molecule has 4 heteroatoms. The summed E-state index contributed by atoms with van der Waals surface area (Å²) in [5.41, 5.74) is 8.42. The van der Waals surface area contributed by atoms with Crippen LogP contribution in [0.1, 0.15) is 16.8 Å².